The summed E-state index contributed by atoms with van der Waals surface area (Å²) in [5.41, 5.74) is 7.79. The van der Waals surface area contributed by atoms with Crippen LogP contribution < -0.4 is 15.8 Å². The summed E-state index contributed by atoms with van der Waals surface area (Å²) in [5, 5.41) is 4.59. The van der Waals surface area contributed by atoms with Crippen molar-refractivity contribution in [1.82, 2.24) is 0 Å². The van der Waals surface area contributed by atoms with Gasteiger partial charge in [0.25, 0.3) is 0 Å². The lowest BCUT2D eigenvalue weighted by Gasteiger charge is -2.20. The smallest absolute Gasteiger partial charge is 0.137 e. The lowest BCUT2D eigenvalue weighted by Crippen LogP contribution is -2.20. The van der Waals surface area contributed by atoms with Crippen molar-refractivity contribution < 1.29 is 4.74 Å². The van der Waals surface area contributed by atoms with E-state index in [0.717, 1.165) is 15.7 Å². The Morgan fingerprint density at radius 1 is 1.19 bits per heavy atom. The molecule has 0 saturated carbocycles. The highest BCUT2D eigenvalue weighted by Gasteiger charge is 2.12. The third-order valence-electron chi connectivity index (χ3n) is 3.07. The van der Waals surface area contributed by atoms with Crippen LogP contribution in [0.2, 0.25) is 10.0 Å². The van der Waals surface area contributed by atoms with Crippen molar-refractivity contribution >= 4 is 44.8 Å². The van der Waals surface area contributed by atoms with Gasteiger partial charge in [-0.3, -0.25) is 0 Å². The number of anilines is 1. The van der Waals surface area contributed by atoms with Crippen LogP contribution in [-0.2, 0) is 0 Å². The summed E-state index contributed by atoms with van der Waals surface area (Å²) >= 11 is 15.6. The van der Waals surface area contributed by atoms with E-state index in [1.54, 1.807) is 7.11 Å². The van der Waals surface area contributed by atoms with Gasteiger partial charge in [0.05, 0.1) is 23.2 Å². The molecule has 2 aromatic carbocycles. The zero-order valence-electron chi connectivity index (χ0n) is 11.4. The summed E-state index contributed by atoms with van der Waals surface area (Å²) < 4.78 is 5.99. The molecule has 21 heavy (non-hydrogen) atoms. The van der Waals surface area contributed by atoms with E-state index < -0.39 is 0 Å². The number of ether oxygens (including phenoxy) is 1. The zero-order valence-corrected chi connectivity index (χ0v) is 14.5. The Morgan fingerprint density at radius 3 is 2.52 bits per heavy atom. The molecule has 0 amide bonds. The molecule has 0 bridgehead atoms. The summed E-state index contributed by atoms with van der Waals surface area (Å²) in [4.78, 5) is 0. The van der Waals surface area contributed by atoms with Crippen molar-refractivity contribution in [3.8, 4) is 5.75 Å². The summed E-state index contributed by atoms with van der Waals surface area (Å²) in [7, 11) is 1.59. The molecule has 0 aliphatic carbocycles. The van der Waals surface area contributed by atoms with Crippen molar-refractivity contribution in [1.29, 1.82) is 0 Å². The highest BCUT2D eigenvalue weighted by atomic mass is 79.9. The van der Waals surface area contributed by atoms with Crippen molar-refractivity contribution in [2.75, 3.05) is 19.0 Å². The fourth-order valence-corrected chi connectivity index (χ4v) is 2.73. The average molecular weight is 390 g/mol. The van der Waals surface area contributed by atoms with E-state index in [2.05, 4.69) is 21.2 Å². The number of nitrogens with one attached hydrogen (secondary N) is 1. The first kappa shape index (κ1) is 16.4. The van der Waals surface area contributed by atoms with Gasteiger partial charge in [-0.15, -0.1) is 0 Å². The first-order valence-electron chi connectivity index (χ1n) is 6.30. The van der Waals surface area contributed by atoms with Gasteiger partial charge in [0.2, 0.25) is 0 Å². The summed E-state index contributed by atoms with van der Waals surface area (Å²) in [6, 6.07) is 11.2. The summed E-state index contributed by atoms with van der Waals surface area (Å²) in [6.45, 7) is 0.433. The number of nitrogens with two attached hydrogens (primary N) is 1. The molecule has 0 spiro atoms. The molecule has 1 unspecified atom stereocenters. The maximum atomic E-state index is 6.16. The van der Waals surface area contributed by atoms with E-state index in [4.69, 9.17) is 33.7 Å². The Bertz CT molecular complexity index is 637. The van der Waals surface area contributed by atoms with Gasteiger partial charge in [-0.25, -0.2) is 0 Å². The molecule has 1 atom stereocenters. The van der Waals surface area contributed by atoms with Crippen LogP contribution in [0.1, 0.15) is 11.6 Å². The van der Waals surface area contributed by atoms with E-state index in [9.17, 15) is 0 Å². The summed E-state index contributed by atoms with van der Waals surface area (Å²) in [6.07, 6.45) is 0. The fraction of sp³-hybridized carbons (Fsp3) is 0.200. The van der Waals surface area contributed by atoms with E-state index in [1.807, 2.05) is 36.4 Å². The van der Waals surface area contributed by atoms with E-state index in [-0.39, 0.29) is 6.04 Å². The number of halogens is 3. The fourth-order valence-electron chi connectivity index (χ4n) is 1.96. The van der Waals surface area contributed by atoms with Crippen molar-refractivity contribution in [2.45, 2.75) is 6.04 Å². The molecule has 3 nitrogen and oxygen atoms in total. The van der Waals surface area contributed by atoms with Crippen molar-refractivity contribution in [2.24, 2.45) is 5.73 Å². The number of hydrogen-bond donors (Lipinski definition) is 2. The van der Waals surface area contributed by atoms with Gasteiger partial charge in [-0.2, -0.15) is 0 Å². The molecule has 3 N–H and O–H groups in total. The van der Waals surface area contributed by atoms with Crippen LogP contribution in [0.4, 0.5) is 5.69 Å². The lowest BCUT2D eigenvalue weighted by atomic mass is 10.1. The van der Waals surface area contributed by atoms with Crippen LogP contribution in [0.5, 0.6) is 5.75 Å². The van der Waals surface area contributed by atoms with Gasteiger partial charge in [0.15, 0.2) is 0 Å². The van der Waals surface area contributed by atoms with Crippen LogP contribution in [-0.4, -0.2) is 13.7 Å². The quantitative estimate of drug-likeness (QED) is 0.766. The van der Waals surface area contributed by atoms with Gasteiger partial charge in [-0.05, 0) is 51.8 Å². The lowest BCUT2D eigenvalue weighted by molar-refractivity contribution is 0.415. The molecule has 0 aliphatic rings. The van der Waals surface area contributed by atoms with E-state index >= 15 is 0 Å². The first-order chi connectivity index (χ1) is 10.0. The highest BCUT2D eigenvalue weighted by Crippen LogP contribution is 2.30. The molecule has 112 valence electrons. The predicted molar refractivity (Wildman–Crippen MR) is 92.6 cm³/mol. The molecule has 2 rings (SSSR count). The van der Waals surface area contributed by atoms with Crippen LogP contribution in [0.15, 0.2) is 40.9 Å². The molecule has 0 saturated heterocycles. The van der Waals surface area contributed by atoms with Crippen LogP contribution in [0.25, 0.3) is 0 Å². The topological polar surface area (TPSA) is 47.3 Å². The number of methoxy groups -OCH3 is 1. The largest absolute Gasteiger partial charge is 0.495 e. The minimum absolute atomic E-state index is 0.0542. The Hall–Kier alpha value is -0.940. The second-order valence-corrected chi connectivity index (χ2v) is 6.12. The predicted octanol–water partition coefficient (Wildman–Crippen LogP) is 4.88. The first-order valence-corrected chi connectivity index (χ1v) is 7.85. The van der Waals surface area contributed by atoms with Crippen LogP contribution >= 0.6 is 39.1 Å². The molecule has 0 radical (unpaired) electrons. The SMILES string of the molecule is COc1ccc(C(CN)Nc2ccc(Cl)c(Br)c2)cc1Cl. The van der Waals surface area contributed by atoms with Gasteiger partial charge < -0.3 is 15.8 Å². The Balaban J connectivity index is 2.23. The molecule has 0 aromatic heterocycles. The Morgan fingerprint density at radius 2 is 1.95 bits per heavy atom. The Kier molecular flexibility index (Phi) is 5.76. The van der Waals surface area contributed by atoms with Crippen molar-refractivity contribution in [3.05, 3.63) is 56.5 Å². The minimum Gasteiger partial charge on any atom is -0.495 e. The average Bonchev–Trinajstić information content (AvgIpc) is 2.48. The van der Waals surface area contributed by atoms with Crippen LogP contribution in [0.3, 0.4) is 0 Å². The monoisotopic (exact) mass is 388 g/mol. The second kappa shape index (κ2) is 7.36. The molecule has 2 aromatic rings. The van der Waals surface area contributed by atoms with E-state index in [0.29, 0.717) is 22.3 Å². The molecule has 6 heteroatoms. The third kappa shape index (κ3) is 4.04. The molecule has 0 aliphatic heterocycles. The van der Waals surface area contributed by atoms with Gasteiger partial charge in [-0.1, -0.05) is 29.3 Å². The highest BCUT2D eigenvalue weighted by molar-refractivity contribution is 9.10. The van der Waals surface area contributed by atoms with Gasteiger partial charge in [0, 0.05) is 16.7 Å². The molecule has 0 fully saturated rings. The maximum absolute atomic E-state index is 6.16. The normalized spacial score (nSPS) is 12.0. The molecule has 0 heterocycles. The third-order valence-corrected chi connectivity index (χ3v) is 4.58. The van der Waals surface area contributed by atoms with Gasteiger partial charge in [0.1, 0.15) is 5.75 Å². The molecular weight excluding hydrogens is 375 g/mol. The van der Waals surface area contributed by atoms with Crippen LogP contribution in [0, 0.1) is 0 Å². The zero-order chi connectivity index (χ0) is 15.4. The second-order valence-electron chi connectivity index (χ2n) is 4.46. The molecular formula is C15H15BrCl2N2O. The van der Waals surface area contributed by atoms with E-state index in [1.165, 1.54) is 0 Å². The number of benzene rings is 2. The Labute approximate surface area is 142 Å². The minimum atomic E-state index is -0.0542. The van der Waals surface area contributed by atoms with Crippen molar-refractivity contribution in [3.63, 3.8) is 0 Å². The maximum Gasteiger partial charge on any atom is 0.137 e. The summed E-state index contributed by atoms with van der Waals surface area (Å²) in [5.74, 6) is 0.644. The standard InChI is InChI=1S/C15H15BrCl2N2O/c1-21-15-5-2-9(6-13(15)18)14(8-19)20-10-3-4-12(17)11(16)7-10/h2-7,14,20H,8,19H2,1H3. The van der Waals surface area contributed by atoms with Gasteiger partial charge >= 0.3 is 0 Å². The number of hydrogen-bond acceptors (Lipinski definition) is 3. The number of rotatable bonds is 5.